The van der Waals surface area contributed by atoms with Crippen molar-refractivity contribution in [1.82, 2.24) is 25.1 Å². The third kappa shape index (κ3) is 5.32. The van der Waals surface area contributed by atoms with Crippen LogP contribution in [0.25, 0.3) is 10.9 Å². The predicted octanol–water partition coefficient (Wildman–Crippen LogP) is 4.75. The van der Waals surface area contributed by atoms with Gasteiger partial charge in [-0.25, -0.2) is 14.4 Å². The van der Waals surface area contributed by atoms with Crippen LogP contribution in [0, 0.1) is 5.82 Å². The highest BCUT2D eigenvalue weighted by atomic mass is 35.5. The van der Waals surface area contributed by atoms with Gasteiger partial charge >= 0.3 is 0 Å². The van der Waals surface area contributed by atoms with Crippen molar-refractivity contribution in [2.45, 2.75) is 38.4 Å². The zero-order valence-corrected chi connectivity index (χ0v) is 20.5. The molecule has 5 rings (SSSR count). The Hall–Kier alpha value is -3.56. The molecule has 8 nitrogen and oxygen atoms in total. The van der Waals surface area contributed by atoms with Crippen LogP contribution < -0.4 is 10.6 Å². The van der Waals surface area contributed by atoms with E-state index in [0.29, 0.717) is 42.4 Å². The molecular formula is C26H26ClFN6O2. The third-order valence-electron chi connectivity index (χ3n) is 6.26. The number of fused-ring (bicyclic) bond motifs is 1. The van der Waals surface area contributed by atoms with Crippen LogP contribution in [0.15, 0.2) is 55.0 Å². The average Bonchev–Trinajstić information content (AvgIpc) is 3.38. The minimum atomic E-state index is -0.614. The van der Waals surface area contributed by atoms with Gasteiger partial charge in [-0.1, -0.05) is 23.7 Å². The van der Waals surface area contributed by atoms with Crippen molar-refractivity contribution in [3.8, 4) is 0 Å². The van der Waals surface area contributed by atoms with Gasteiger partial charge in [-0.3, -0.25) is 9.48 Å². The molecule has 2 N–H and O–H groups in total. The lowest BCUT2D eigenvalue weighted by molar-refractivity contribution is 0.0903. The second-order valence-electron chi connectivity index (χ2n) is 8.71. The quantitative estimate of drug-likeness (QED) is 0.374. The van der Waals surface area contributed by atoms with Crippen molar-refractivity contribution in [1.29, 1.82) is 0 Å². The van der Waals surface area contributed by atoms with Gasteiger partial charge in [-0.15, -0.1) is 0 Å². The van der Waals surface area contributed by atoms with Crippen LogP contribution in [-0.2, 0) is 11.3 Å². The van der Waals surface area contributed by atoms with E-state index in [2.05, 4.69) is 25.7 Å². The summed E-state index contributed by atoms with van der Waals surface area (Å²) in [6.45, 7) is 4.07. The Balaban J connectivity index is 1.41. The maximum absolute atomic E-state index is 14.3. The van der Waals surface area contributed by atoms with Gasteiger partial charge in [0.25, 0.3) is 5.91 Å². The minimum absolute atomic E-state index is 0.0208. The van der Waals surface area contributed by atoms with Gasteiger partial charge in [0.05, 0.1) is 22.8 Å². The molecule has 0 spiro atoms. The van der Waals surface area contributed by atoms with Gasteiger partial charge < -0.3 is 15.4 Å². The maximum atomic E-state index is 14.3. The molecule has 36 heavy (non-hydrogen) atoms. The van der Waals surface area contributed by atoms with E-state index in [9.17, 15) is 9.18 Å². The summed E-state index contributed by atoms with van der Waals surface area (Å²) in [6.07, 6.45) is 7.03. The van der Waals surface area contributed by atoms with Gasteiger partial charge in [0.1, 0.15) is 5.82 Å². The molecule has 1 aliphatic rings. The molecule has 186 valence electrons. The number of hydrogen-bond donors (Lipinski definition) is 2. The first-order valence-electron chi connectivity index (χ1n) is 11.9. The Bertz CT molecular complexity index is 1390. The average molecular weight is 509 g/mol. The maximum Gasteiger partial charge on any atom is 0.252 e. The molecule has 1 saturated heterocycles. The fourth-order valence-electron chi connectivity index (χ4n) is 4.23. The molecule has 0 radical (unpaired) electrons. The molecule has 0 aliphatic carbocycles. The van der Waals surface area contributed by atoms with Crippen molar-refractivity contribution in [3.63, 3.8) is 0 Å². The smallest absolute Gasteiger partial charge is 0.252 e. The van der Waals surface area contributed by atoms with E-state index in [1.54, 1.807) is 35.3 Å². The molecule has 2 aromatic heterocycles. The van der Waals surface area contributed by atoms with Gasteiger partial charge in [0.15, 0.2) is 0 Å². The summed E-state index contributed by atoms with van der Waals surface area (Å²) >= 11 is 5.89. The molecule has 1 amide bonds. The van der Waals surface area contributed by atoms with Crippen LogP contribution in [-0.4, -0.2) is 44.9 Å². The van der Waals surface area contributed by atoms with E-state index in [1.807, 2.05) is 19.2 Å². The Morgan fingerprint density at radius 2 is 2.03 bits per heavy atom. The molecule has 2 aromatic carbocycles. The van der Waals surface area contributed by atoms with Crippen LogP contribution in [0.4, 0.5) is 10.3 Å². The summed E-state index contributed by atoms with van der Waals surface area (Å²) in [7, 11) is 0. The Labute approximate surface area is 212 Å². The van der Waals surface area contributed by atoms with Crippen LogP contribution in [0.1, 0.15) is 47.3 Å². The fourth-order valence-corrected chi connectivity index (χ4v) is 4.34. The first kappa shape index (κ1) is 24.1. The number of aryl methyl sites for hydroxylation is 1. The fraction of sp³-hybridized carbons (Fsp3) is 0.308. The Morgan fingerprint density at radius 1 is 1.19 bits per heavy atom. The number of nitrogens with one attached hydrogen (secondary N) is 2. The van der Waals surface area contributed by atoms with E-state index < -0.39 is 11.9 Å². The molecule has 10 heteroatoms. The second-order valence-corrected chi connectivity index (χ2v) is 9.11. The lowest BCUT2D eigenvalue weighted by atomic mass is 10.0. The van der Waals surface area contributed by atoms with E-state index in [0.717, 1.165) is 23.8 Å². The van der Waals surface area contributed by atoms with Crippen molar-refractivity contribution < 1.29 is 13.9 Å². The van der Waals surface area contributed by atoms with Crippen LogP contribution in [0.5, 0.6) is 0 Å². The number of carbonyl (C=O) groups is 1. The number of aromatic nitrogens is 4. The van der Waals surface area contributed by atoms with Gasteiger partial charge in [-0.05, 0) is 49.6 Å². The zero-order chi connectivity index (χ0) is 25.1. The van der Waals surface area contributed by atoms with Gasteiger partial charge in [-0.2, -0.15) is 5.10 Å². The molecule has 0 bridgehead atoms. The van der Waals surface area contributed by atoms with Crippen molar-refractivity contribution >= 4 is 34.4 Å². The van der Waals surface area contributed by atoms with E-state index >= 15 is 0 Å². The lowest BCUT2D eigenvalue weighted by Crippen LogP contribution is -2.29. The number of ether oxygens (including phenoxy) is 1. The van der Waals surface area contributed by atoms with Crippen LogP contribution in [0.2, 0.25) is 5.02 Å². The van der Waals surface area contributed by atoms with Crippen LogP contribution in [0.3, 0.4) is 0 Å². The van der Waals surface area contributed by atoms with Crippen molar-refractivity contribution in [2.24, 2.45) is 0 Å². The molecular weight excluding hydrogens is 483 g/mol. The second kappa shape index (κ2) is 10.6. The SMILES string of the molecule is CCn1cc([C@@H](NC(=O)c2ccc3cnc(NC4CCOCC4)nc3c2)c2ccc(Cl)c(F)c2)cn1. The van der Waals surface area contributed by atoms with E-state index in [1.165, 1.54) is 12.1 Å². The number of rotatable bonds is 7. The van der Waals surface area contributed by atoms with Crippen molar-refractivity contribution in [2.75, 3.05) is 18.5 Å². The molecule has 0 unspecified atom stereocenters. The normalized spacial score (nSPS) is 15.1. The molecule has 4 aromatic rings. The summed E-state index contributed by atoms with van der Waals surface area (Å²) in [5.74, 6) is -0.351. The standard InChI is InChI=1S/C26H26ClFN6O2/c1-2-34-15-19(14-30-34)24(16-5-6-21(27)22(28)11-16)33-25(35)17-3-4-18-13-29-26(32-23(18)12-17)31-20-7-9-36-10-8-20/h3-6,11-15,20,24H,2,7-10H2,1H3,(H,33,35)(H,29,31,32)/t24-/m0/s1. The Kier molecular flexibility index (Phi) is 7.11. The number of carbonyl (C=O) groups excluding carboxylic acids is 1. The van der Waals surface area contributed by atoms with E-state index in [-0.39, 0.29) is 17.0 Å². The summed E-state index contributed by atoms with van der Waals surface area (Å²) < 4.78 is 21.4. The monoisotopic (exact) mass is 508 g/mol. The number of nitrogens with zero attached hydrogens (tertiary/aromatic N) is 4. The highest BCUT2D eigenvalue weighted by Crippen LogP contribution is 2.26. The molecule has 1 fully saturated rings. The summed E-state index contributed by atoms with van der Waals surface area (Å²) in [6, 6.07) is 9.42. The number of halogens is 2. The topological polar surface area (TPSA) is 94.0 Å². The summed E-state index contributed by atoms with van der Waals surface area (Å²) in [5, 5.41) is 11.5. The van der Waals surface area contributed by atoms with Gasteiger partial charge in [0.2, 0.25) is 5.95 Å². The highest BCUT2D eigenvalue weighted by molar-refractivity contribution is 6.30. The Morgan fingerprint density at radius 3 is 2.78 bits per heavy atom. The molecule has 1 atom stereocenters. The highest BCUT2D eigenvalue weighted by Gasteiger charge is 2.21. The lowest BCUT2D eigenvalue weighted by Gasteiger charge is -2.23. The molecule has 1 aliphatic heterocycles. The number of hydrogen-bond acceptors (Lipinski definition) is 6. The molecule has 3 heterocycles. The minimum Gasteiger partial charge on any atom is -0.381 e. The first-order valence-corrected chi connectivity index (χ1v) is 12.3. The number of benzene rings is 2. The third-order valence-corrected chi connectivity index (χ3v) is 6.57. The zero-order valence-electron chi connectivity index (χ0n) is 19.7. The van der Waals surface area contributed by atoms with E-state index in [4.69, 9.17) is 16.3 Å². The van der Waals surface area contributed by atoms with Crippen molar-refractivity contribution in [3.05, 3.63) is 82.5 Å². The number of anilines is 1. The van der Waals surface area contributed by atoms with Crippen LogP contribution >= 0.6 is 11.6 Å². The van der Waals surface area contributed by atoms with Gasteiger partial charge in [0, 0.05) is 54.7 Å². The summed E-state index contributed by atoms with van der Waals surface area (Å²) in [4.78, 5) is 22.4. The largest absolute Gasteiger partial charge is 0.381 e. The summed E-state index contributed by atoms with van der Waals surface area (Å²) in [5.41, 5.74) is 2.38. The first-order chi connectivity index (χ1) is 17.5. The number of amides is 1. The molecule has 0 saturated carbocycles. The predicted molar refractivity (Wildman–Crippen MR) is 136 cm³/mol.